The summed E-state index contributed by atoms with van der Waals surface area (Å²) >= 11 is 1.74. The minimum absolute atomic E-state index is 0.361. The average molecular weight is 331 g/mol. The molecule has 1 aliphatic rings. The molecule has 124 valence electrons. The van der Waals surface area contributed by atoms with Gasteiger partial charge in [-0.05, 0) is 13.8 Å². The molecule has 6 heteroatoms. The van der Waals surface area contributed by atoms with Crippen LogP contribution >= 0.6 is 11.3 Å². The molecule has 0 bridgehead atoms. The van der Waals surface area contributed by atoms with Gasteiger partial charge in [-0.25, -0.2) is 15.0 Å². The van der Waals surface area contributed by atoms with Gasteiger partial charge in [-0.2, -0.15) is 0 Å². The van der Waals surface area contributed by atoms with E-state index in [1.165, 1.54) is 5.01 Å². The molecule has 0 spiro atoms. The van der Waals surface area contributed by atoms with Gasteiger partial charge in [0.1, 0.15) is 16.6 Å². The number of aromatic nitrogens is 3. The molecule has 23 heavy (non-hydrogen) atoms. The third kappa shape index (κ3) is 3.70. The number of piperazine rings is 1. The number of rotatable bonds is 4. The van der Waals surface area contributed by atoms with E-state index in [0.717, 1.165) is 43.5 Å². The lowest BCUT2D eigenvalue weighted by Gasteiger charge is -2.38. The van der Waals surface area contributed by atoms with Gasteiger partial charge in [0.25, 0.3) is 0 Å². The summed E-state index contributed by atoms with van der Waals surface area (Å²) in [6.45, 7) is 12.7. The second kappa shape index (κ2) is 6.93. The Morgan fingerprint density at radius 1 is 1.09 bits per heavy atom. The van der Waals surface area contributed by atoms with Crippen molar-refractivity contribution in [2.45, 2.75) is 39.7 Å². The predicted octanol–water partition coefficient (Wildman–Crippen LogP) is 3.25. The molecule has 0 N–H and O–H groups in total. The van der Waals surface area contributed by atoms with Gasteiger partial charge in [0.15, 0.2) is 0 Å². The van der Waals surface area contributed by atoms with E-state index in [1.54, 1.807) is 11.3 Å². The first-order valence-electron chi connectivity index (χ1n) is 8.28. The van der Waals surface area contributed by atoms with Gasteiger partial charge in [0.2, 0.25) is 0 Å². The van der Waals surface area contributed by atoms with E-state index < -0.39 is 0 Å². The van der Waals surface area contributed by atoms with E-state index >= 15 is 0 Å². The van der Waals surface area contributed by atoms with Crippen molar-refractivity contribution in [3.05, 3.63) is 34.2 Å². The van der Waals surface area contributed by atoms with E-state index in [9.17, 15) is 0 Å². The molecular weight excluding hydrogens is 306 g/mol. The van der Waals surface area contributed by atoms with Gasteiger partial charge in [0.05, 0.1) is 6.04 Å². The first-order valence-corrected chi connectivity index (χ1v) is 9.16. The van der Waals surface area contributed by atoms with Crippen LogP contribution in [0.1, 0.15) is 49.3 Å². The van der Waals surface area contributed by atoms with Crippen molar-refractivity contribution >= 4 is 17.2 Å². The van der Waals surface area contributed by atoms with Crippen molar-refractivity contribution < 1.29 is 0 Å². The first-order chi connectivity index (χ1) is 11.0. The zero-order chi connectivity index (χ0) is 16.4. The lowest BCUT2D eigenvalue weighted by atomic mass is 10.2. The largest absolute Gasteiger partial charge is 0.354 e. The van der Waals surface area contributed by atoms with Crippen LogP contribution in [0.2, 0.25) is 0 Å². The summed E-state index contributed by atoms with van der Waals surface area (Å²) in [5.74, 6) is 2.38. The summed E-state index contributed by atoms with van der Waals surface area (Å²) in [5, 5.41) is 3.26. The highest BCUT2D eigenvalue weighted by Gasteiger charge is 2.24. The lowest BCUT2D eigenvalue weighted by Crippen LogP contribution is -2.47. The number of aryl methyl sites for hydroxylation is 1. The van der Waals surface area contributed by atoms with Crippen LogP contribution in [0, 0.1) is 6.92 Å². The lowest BCUT2D eigenvalue weighted by molar-refractivity contribution is 0.198. The smallest absolute Gasteiger partial charge is 0.133 e. The number of thiazole rings is 1. The zero-order valence-corrected chi connectivity index (χ0v) is 15.2. The second-order valence-corrected chi connectivity index (χ2v) is 7.38. The zero-order valence-electron chi connectivity index (χ0n) is 14.4. The Kier molecular flexibility index (Phi) is 4.92. The second-order valence-electron chi connectivity index (χ2n) is 6.45. The molecule has 1 aliphatic heterocycles. The summed E-state index contributed by atoms with van der Waals surface area (Å²) in [5.41, 5.74) is 1.05. The standard InChI is InChI=1S/C17H25N5S/c1-12(2)16-19-13(3)11-15(20-16)22-8-6-21(7-9-22)14(4)17-18-5-10-23-17/h5,10-12,14H,6-9H2,1-4H3. The van der Waals surface area contributed by atoms with Crippen molar-refractivity contribution in [2.24, 2.45) is 0 Å². The van der Waals surface area contributed by atoms with E-state index in [2.05, 4.69) is 58.9 Å². The van der Waals surface area contributed by atoms with E-state index in [-0.39, 0.29) is 0 Å². The van der Waals surface area contributed by atoms with Gasteiger partial charge < -0.3 is 4.90 Å². The minimum atomic E-state index is 0.361. The molecule has 0 aliphatic carbocycles. The van der Waals surface area contributed by atoms with Crippen molar-refractivity contribution in [2.75, 3.05) is 31.1 Å². The van der Waals surface area contributed by atoms with Crippen molar-refractivity contribution in [1.29, 1.82) is 0 Å². The summed E-state index contributed by atoms with van der Waals surface area (Å²) in [7, 11) is 0. The van der Waals surface area contributed by atoms with Gasteiger partial charge >= 0.3 is 0 Å². The molecule has 0 saturated carbocycles. The molecule has 1 unspecified atom stereocenters. The maximum atomic E-state index is 4.76. The van der Waals surface area contributed by atoms with Crippen LogP contribution in [0.25, 0.3) is 0 Å². The monoisotopic (exact) mass is 331 g/mol. The molecule has 3 rings (SSSR count). The SMILES string of the molecule is Cc1cc(N2CCN(C(C)c3nccs3)CC2)nc(C(C)C)n1. The van der Waals surface area contributed by atoms with Crippen LogP contribution in [0.5, 0.6) is 0 Å². The van der Waals surface area contributed by atoms with Crippen molar-refractivity contribution in [1.82, 2.24) is 19.9 Å². The van der Waals surface area contributed by atoms with Crippen LogP contribution in [0.4, 0.5) is 5.82 Å². The summed E-state index contributed by atoms with van der Waals surface area (Å²) in [4.78, 5) is 18.7. The Morgan fingerprint density at radius 3 is 2.43 bits per heavy atom. The molecule has 0 aromatic carbocycles. The predicted molar refractivity (Wildman–Crippen MR) is 95.2 cm³/mol. The van der Waals surface area contributed by atoms with Crippen LogP contribution in [0.3, 0.4) is 0 Å². The molecule has 1 saturated heterocycles. The Hall–Kier alpha value is -1.53. The Labute approximate surface area is 142 Å². The van der Waals surface area contributed by atoms with Crippen LogP contribution in [-0.4, -0.2) is 46.0 Å². The number of anilines is 1. The summed E-state index contributed by atoms with van der Waals surface area (Å²) < 4.78 is 0. The van der Waals surface area contributed by atoms with Gasteiger partial charge in [-0.3, -0.25) is 4.90 Å². The third-order valence-corrected chi connectivity index (χ3v) is 5.31. The number of hydrogen-bond donors (Lipinski definition) is 0. The molecule has 1 atom stereocenters. The molecule has 0 amide bonds. The quantitative estimate of drug-likeness (QED) is 0.860. The average Bonchev–Trinajstić information content (AvgIpc) is 3.08. The molecule has 5 nitrogen and oxygen atoms in total. The Balaban J connectivity index is 1.67. The molecule has 2 aromatic heterocycles. The van der Waals surface area contributed by atoms with E-state index in [1.807, 2.05) is 6.20 Å². The summed E-state index contributed by atoms with van der Waals surface area (Å²) in [6, 6.07) is 2.50. The number of nitrogens with zero attached hydrogens (tertiary/aromatic N) is 5. The van der Waals surface area contributed by atoms with Crippen molar-refractivity contribution in [3.8, 4) is 0 Å². The highest BCUT2D eigenvalue weighted by atomic mass is 32.1. The van der Waals surface area contributed by atoms with Gasteiger partial charge in [-0.1, -0.05) is 13.8 Å². The molecule has 0 radical (unpaired) electrons. The topological polar surface area (TPSA) is 45.2 Å². The van der Waals surface area contributed by atoms with Gasteiger partial charge in [0, 0.05) is 55.4 Å². The third-order valence-electron chi connectivity index (χ3n) is 4.37. The van der Waals surface area contributed by atoms with Crippen LogP contribution in [0.15, 0.2) is 17.6 Å². The maximum Gasteiger partial charge on any atom is 0.133 e. The summed E-state index contributed by atoms with van der Waals surface area (Å²) in [6.07, 6.45) is 1.89. The fourth-order valence-corrected chi connectivity index (χ4v) is 3.66. The van der Waals surface area contributed by atoms with Crippen LogP contribution in [-0.2, 0) is 0 Å². The maximum absolute atomic E-state index is 4.76. The molecule has 3 heterocycles. The van der Waals surface area contributed by atoms with Gasteiger partial charge in [-0.15, -0.1) is 11.3 Å². The minimum Gasteiger partial charge on any atom is -0.354 e. The highest BCUT2D eigenvalue weighted by Crippen LogP contribution is 2.25. The van der Waals surface area contributed by atoms with Crippen LogP contribution < -0.4 is 4.90 Å². The first kappa shape index (κ1) is 16.3. The number of hydrogen-bond acceptors (Lipinski definition) is 6. The molecule has 1 fully saturated rings. The fourth-order valence-electron chi connectivity index (χ4n) is 2.93. The van der Waals surface area contributed by atoms with E-state index in [4.69, 9.17) is 4.98 Å². The molecular formula is C17H25N5S. The fraction of sp³-hybridized carbons (Fsp3) is 0.588. The highest BCUT2D eigenvalue weighted by molar-refractivity contribution is 7.09. The van der Waals surface area contributed by atoms with Crippen molar-refractivity contribution in [3.63, 3.8) is 0 Å². The normalized spacial score (nSPS) is 17.7. The van der Waals surface area contributed by atoms with E-state index in [0.29, 0.717) is 12.0 Å². The Bertz CT molecular complexity index is 632. The molecule has 2 aromatic rings. The Morgan fingerprint density at radius 2 is 1.83 bits per heavy atom.